The Morgan fingerprint density at radius 2 is 1.04 bits per heavy atom. The fourth-order valence-electron chi connectivity index (χ4n) is 4.74. The van der Waals surface area contributed by atoms with Crippen LogP contribution in [0.2, 0.25) is 0 Å². The molecule has 0 aliphatic carbocycles. The Morgan fingerprint density at radius 3 is 1.29 bits per heavy atom. The number of nitrogens with zero attached hydrogens (tertiary/aromatic N) is 1. The quantitative estimate of drug-likeness (QED) is 0.411. The standard InChI is InChI=1S/C20H38NP2.H2O/c1-7-19(8-2)13-15-22(11-5)17(19)21-18-20(9-3,10-4)14-16-23(18)12-6;/h7-16H2,1-6H3;1H2/q+1;/p-1. The Bertz CT molecular complexity index is 434. The monoisotopic (exact) mass is 371 g/mol. The molecule has 0 saturated carbocycles. The Kier molecular flexibility index (Phi) is 8.62. The summed E-state index contributed by atoms with van der Waals surface area (Å²) in [4.78, 5) is 0. The maximum Gasteiger partial charge on any atom is 0.305 e. The lowest BCUT2D eigenvalue weighted by Crippen LogP contribution is -2.30. The summed E-state index contributed by atoms with van der Waals surface area (Å²) in [5.74, 6) is 0. The van der Waals surface area contributed by atoms with E-state index in [0.717, 1.165) is 0 Å². The van der Waals surface area contributed by atoms with Crippen LogP contribution in [0.15, 0.2) is 0 Å². The zero-order chi connectivity index (χ0) is 17.1. The molecule has 24 heavy (non-hydrogen) atoms. The molecule has 0 bridgehead atoms. The van der Waals surface area contributed by atoms with Gasteiger partial charge in [-0.25, -0.2) is 0 Å². The van der Waals surface area contributed by atoms with Crippen molar-refractivity contribution in [1.29, 1.82) is 0 Å². The molecule has 2 aliphatic heterocycles. The maximum absolute atomic E-state index is 5.66. The van der Waals surface area contributed by atoms with Crippen LogP contribution in [0.1, 0.15) is 80.1 Å². The van der Waals surface area contributed by atoms with Gasteiger partial charge in [-0.15, -0.1) is 0 Å². The van der Waals surface area contributed by atoms with Crippen LogP contribution in [0, 0.1) is 10.8 Å². The van der Waals surface area contributed by atoms with Gasteiger partial charge in [-0.3, -0.25) is 0 Å². The van der Waals surface area contributed by atoms with Gasteiger partial charge in [-0.1, -0.05) is 46.2 Å². The SMILES string of the molecule is CCP1CCC(CC)(CC)C1=[N+]=C1P(CC)CCC1(CC)CC.[OH-]. The molecule has 0 spiro atoms. The topological polar surface area (TPSA) is 44.1 Å². The van der Waals surface area contributed by atoms with E-state index in [4.69, 9.17) is 4.67 Å². The van der Waals surface area contributed by atoms with Crippen LogP contribution in [0.3, 0.4) is 0 Å². The van der Waals surface area contributed by atoms with Crippen molar-refractivity contribution < 1.29 is 5.48 Å². The van der Waals surface area contributed by atoms with Crippen LogP contribution >= 0.6 is 15.8 Å². The lowest BCUT2D eigenvalue weighted by Gasteiger charge is -2.23. The molecular weight excluding hydrogens is 332 g/mol. The highest BCUT2D eigenvalue weighted by molar-refractivity contribution is 7.77. The van der Waals surface area contributed by atoms with E-state index in [9.17, 15) is 0 Å². The predicted molar refractivity (Wildman–Crippen MR) is 114 cm³/mol. The average Bonchev–Trinajstić information content (AvgIpc) is 3.14. The van der Waals surface area contributed by atoms with Gasteiger partial charge in [0, 0.05) is 15.8 Å². The molecule has 0 amide bonds. The summed E-state index contributed by atoms with van der Waals surface area (Å²) in [6, 6.07) is 0. The molecule has 2 heterocycles. The average molecular weight is 371 g/mol. The summed E-state index contributed by atoms with van der Waals surface area (Å²) >= 11 is 0. The molecule has 0 aromatic carbocycles. The van der Waals surface area contributed by atoms with E-state index in [2.05, 4.69) is 41.5 Å². The molecular formula is C20H39NOP2. The van der Waals surface area contributed by atoms with Gasteiger partial charge in [0.1, 0.15) is 0 Å². The second kappa shape index (κ2) is 9.28. The van der Waals surface area contributed by atoms with E-state index in [-0.39, 0.29) is 21.3 Å². The summed E-state index contributed by atoms with van der Waals surface area (Å²) < 4.78 is 5.66. The summed E-state index contributed by atoms with van der Waals surface area (Å²) in [6.45, 7) is 14.4. The van der Waals surface area contributed by atoms with Crippen molar-refractivity contribution in [3.05, 3.63) is 0 Å². The molecule has 2 atom stereocenters. The van der Waals surface area contributed by atoms with Crippen molar-refractivity contribution in [2.24, 2.45) is 10.8 Å². The molecule has 0 aromatic heterocycles. The summed E-state index contributed by atoms with van der Waals surface area (Å²) in [7, 11) is 0.0840. The minimum absolute atomic E-state index is 0. The van der Waals surface area contributed by atoms with Crippen molar-refractivity contribution >= 4 is 26.7 Å². The second-order valence-electron chi connectivity index (χ2n) is 7.39. The van der Waals surface area contributed by atoms with E-state index >= 15 is 0 Å². The first-order valence-corrected chi connectivity index (χ1v) is 13.4. The van der Waals surface area contributed by atoms with Crippen molar-refractivity contribution in [2.75, 3.05) is 24.6 Å². The van der Waals surface area contributed by atoms with Gasteiger partial charge in [-0.05, 0) is 63.2 Å². The second-order valence-corrected chi connectivity index (χ2v) is 12.6. The molecule has 1 N–H and O–H groups in total. The van der Waals surface area contributed by atoms with E-state index in [1.807, 2.05) is 0 Å². The third-order valence-electron chi connectivity index (χ3n) is 6.95. The van der Waals surface area contributed by atoms with Gasteiger partial charge >= 0.3 is 10.9 Å². The first-order valence-electron chi connectivity index (χ1n) is 10.0. The highest BCUT2D eigenvalue weighted by Crippen LogP contribution is 2.59. The molecule has 2 fully saturated rings. The smallest absolute Gasteiger partial charge is 0.305 e. The molecule has 2 nitrogen and oxygen atoms in total. The first kappa shape index (κ1) is 22.3. The lowest BCUT2D eigenvalue weighted by atomic mass is 9.80. The van der Waals surface area contributed by atoms with E-state index in [0.29, 0.717) is 10.8 Å². The zero-order valence-electron chi connectivity index (χ0n) is 16.9. The van der Waals surface area contributed by atoms with Gasteiger partial charge < -0.3 is 5.48 Å². The largest absolute Gasteiger partial charge is 0.870 e. The molecule has 2 rings (SSSR count). The number of hydrogen-bond acceptors (Lipinski definition) is 1. The predicted octanol–water partition coefficient (Wildman–Crippen LogP) is 6.10. The molecule has 2 unspecified atom stereocenters. The molecule has 4 heteroatoms. The van der Waals surface area contributed by atoms with Crippen molar-refractivity contribution in [3.8, 4) is 0 Å². The Balaban J connectivity index is 0.00000288. The third kappa shape index (κ3) is 3.69. The summed E-state index contributed by atoms with van der Waals surface area (Å²) in [5.41, 5.74) is 4.26. The Morgan fingerprint density at radius 1 is 0.708 bits per heavy atom. The first-order chi connectivity index (χ1) is 11.1. The summed E-state index contributed by atoms with van der Waals surface area (Å²) in [5, 5.41) is 0. The molecule has 0 aromatic rings. The van der Waals surface area contributed by atoms with Gasteiger partial charge in [0.05, 0.1) is 10.8 Å². The van der Waals surface area contributed by atoms with Crippen LogP contribution in [-0.2, 0) is 0 Å². The van der Waals surface area contributed by atoms with Crippen LogP contribution < -0.4 is 4.67 Å². The Hall–Kier alpha value is 0.270. The minimum Gasteiger partial charge on any atom is -0.870 e. The van der Waals surface area contributed by atoms with Crippen LogP contribution in [0.5, 0.6) is 0 Å². The molecule has 2 aliphatic rings. The minimum atomic E-state index is 0. The Labute approximate surface area is 152 Å². The lowest BCUT2D eigenvalue weighted by molar-refractivity contribution is 0.385. The van der Waals surface area contributed by atoms with Crippen molar-refractivity contribution in [1.82, 2.24) is 4.67 Å². The van der Waals surface area contributed by atoms with E-state index in [1.165, 1.54) is 63.2 Å². The molecule has 0 radical (unpaired) electrons. The number of rotatable bonds is 6. The third-order valence-corrected chi connectivity index (χ3v) is 12.4. The van der Waals surface area contributed by atoms with Crippen molar-refractivity contribution in [2.45, 2.75) is 80.1 Å². The highest BCUT2D eigenvalue weighted by atomic mass is 31.1. The molecule has 2 saturated heterocycles. The van der Waals surface area contributed by atoms with Crippen LogP contribution in [0.4, 0.5) is 0 Å². The maximum atomic E-state index is 5.66. The van der Waals surface area contributed by atoms with E-state index < -0.39 is 0 Å². The normalized spacial score (nSPS) is 27.9. The highest BCUT2D eigenvalue weighted by Gasteiger charge is 2.53. The summed E-state index contributed by atoms with van der Waals surface area (Å²) in [6.07, 6.45) is 13.6. The molecule has 140 valence electrons. The van der Waals surface area contributed by atoms with Crippen LogP contribution in [-0.4, -0.2) is 41.0 Å². The van der Waals surface area contributed by atoms with Gasteiger partial charge in [-0.2, -0.15) is 0 Å². The van der Waals surface area contributed by atoms with E-state index in [1.54, 1.807) is 10.9 Å². The van der Waals surface area contributed by atoms with Gasteiger partial charge in [0.15, 0.2) is 0 Å². The fraction of sp³-hybridized carbons (Fsp3) is 0.900. The number of hydrogen-bond donors (Lipinski definition) is 0. The van der Waals surface area contributed by atoms with Crippen LogP contribution in [0.25, 0.3) is 0 Å². The van der Waals surface area contributed by atoms with Gasteiger partial charge in [0.25, 0.3) is 0 Å². The fourth-order valence-corrected chi connectivity index (χ4v) is 10.5. The zero-order valence-corrected chi connectivity index (χ0v) is 18.6. The van der Waals surface area contributed by atoms with Gasteiger partial charge in [0.2, 0.25) is 0 Å². The van der Waals surface area contributed by atoms with Crippen molar-refractivity contribution in [3.63, 3.8) is 0 Å².